The summed E-state index contributed by atoms with van der Waals surface area (Å²) >= 11 is 1.59. The van der Waals surface area contributed by atoms with Gasteiger partial charge in [-0.1, -0.05) is 18.2 Å². The van der Waals surface area contributed by atoms with Crippen molar-refractivity contribution in [3.8, 4) is 10.4 Å². The molecule has 1 aromatic carbocycles. The van der Waals surface area contributed by atoms with Gasteiger partial charge in [-0.25, -0.2) is 17.5 Å². The first-order chi connectivity index (χ1) is 11.5. The molecule has 1 N–H and O–H groups in total. The molecule has 0 spiro atoms. The van der Waals surface area contributed by atoms with E-state index in [1.807, 2.05) is 18.2 Å². The highest BCUT2D eigenvalue weighted by molar-refractivity contribution is 7.88. The smallest absolute Gasteiger partial charge is 0.215 e. The zero-order chi connectivity index (χ0) is 17.0. The molecule has 0 bridgehead atoms. The molecule has 0 unspecified atom stereocenters. The minimum Gasteiger partial charge on any atom is -0.472 e. The van der Waals surface area contributed by atoms with Gasteiger partial charge in [0.25, 0.3) is 0 Å². The largest absolute Gasteiger partial charge is 0.472 e. The Morgan fingerprint density at radius 2 is 1.96 bits per heavy atom. The standard InChI is InChI=1S/C17H16FNO3S2/c18-16-4-2-1-3-14(16)12-24(20,21)19-9-7-15-5-6-17(23-15)13-8-10-22-11-13/h1-6,8,10-11,19H,7,9,12H2. The molecule has 0 aliphatic heterocycles. The second-order valence-electron chi connectivity index (χ2n) is 5.27. The van der Waals surface area contributed by atoms with Gasteiger partial charge in [-0.05, 0) is 30.7 Å². The van der Waals surface area contributed by atoms with Crippen LogP contribution in [-0.2, 0) is 22.2 Å². The van der Waals surface area contributed by atoms with Crippen LogP contribution < -0.4 is 4.72 Å². The zero-order valence-corrected chi connectivity index (χ0v) is 14.4. The molecule has 0 atom stereocenters. The fourth-order valence-electron chi connectivity index (χ4n) is 2.27. The number of hydrogen-bond acceptors (Lipinski definition) is 4. The number of furan rings is 1. The van der Waals surface area contributed by atoms with E-state index in [2.05, 4.69) is 4.72 Å². The molecule has 2 aromatic heterocycles. The Balaban J connectivity index is 1.55. The third-order valence-electron chi connectivity index (χ3n) is 3.46. The van der Waals surface area contributed by atoms with Crippen LogP contribution in [0, 0.1) is 5.82 Å². The Morgan fingerprint density at radius 1 is 1.12 bits per heavy atom. The highest BCUT2D eigenvalue weighted by atomic mass is 32.2. The van der Waals surface area contributed by atoms with Gasteiger partial charge in [0.1, 0.15) is 5.82 Å². The fraction of sp³-hybridized carbons (Fsp3) is 0.176. The Hall–Kier alpha value is -1.96. The minimum atomic E-state index is -3.56. The molecule has 7 heteroatoms. The highest BCUT2D eigenvalue weighted by Crippen LogP contribution is 2.28. The third kappa shape index (κ3) is 4.31. The monoisotopic (exact) mass is 365 g/mol. The molecule has 0 aliphatic rings. The minimum absolute atomic E-state index is 0.170. The summed E-state index contributed by atoms with van der Waals surface area (Å²) in [7, 11) is -3.56. The lowest BCUT2D eigenvalue weighted by molar-refractivity contribution is 0.568. The van der Waals surface area contributed by atoms with Crippen LogP contribution in [-0.4, -0.2) is 15.0 Å². The maximum absolute atomic E-state index is 13.5. The Bertz CT molecular complexity index is 902. The summed E-state index contributed by atoms with van der Waals surface area (Å²) in [4.78, 5) is 2.15. The van der Waals surface area contributed by atoms with Crippen LogP contribution >= 0.6 is 11.3 Å². The zero-order valence-electron chi connectivity index (χ0n) is 12.7. The van der Waals surface area contributed by atoms with Crippen molar-refractivity contribution in [1.29, 1.82) is 0 Å². The first-order valence-electron chi connectivity index (χ1n) is 7.35. The van der Waals surface area contributed by atoms with Crippen molar-refractivity contribution in [2.45, 2.75) is 12.2 Å². The van der Waals surface area contributed by atoms with Crippen molar-refractivity contribution in [3.05, 3.63) is 71.2 Å². The first kappa shape index (κ1) is 16.9. The average Bonchev–Trinajstić information content (AvgIpc) is 3.20. The highest BCUT2D eigenvalue weighted by Gasteiger charge is 2.14. The van der Waals surface area contributed by atoms with Gasteiger partial charge in [-0.3, -0.25) is 0 Å². The van der Waals surface area contributed by atoms with Gasteiger partial charge < -0.3 is 4.42 Å². The SMILES string of the molecule is O=S(=O)(Cc1ccccc1F)NCCc1ccc(-c2ccoc2)s1. The molecule has 0 saturated carbocycles. The van der Waals surface area contributed by atoms with Gasteiger partial charge in [-0.2, -0.15) is 0 Å². The first-order valence-corrected chi connectivity index (χ1v) is 9.82. The van der Waals surface area contributed by atoms with Gasteiger partial charge in [-0.15, -0.1) is 11.3 Å². The maximum atomic E-state index is 13.5. The molecule has 0 amide bonds. The van der Waals surface area contributed by atoms with Crippen LogP contribution in [0.5, 0.6) is 0 Å². The lowest BCUT2D eigenvalue weighted by atomic mass is 10.2. The van der Waals surface area contributed by atoms with E-state index in [4.69, 9.17) is 4.42 Å². The van der Waals surface area contributed by atoms with Gasteiger partial charge >= 0.3 is 0 Å². The van der Waals surface area contributed by atoms with Gasteiger partial charge in [0, 0.05) is 27.4 Å². The van der Waals surface area contributed by atoms with Crippen molar-refractivity contribution in [3.63, 3.8) is 0 Å². The molecular formula is C17H16FNO3S2. The van der Waals surface area contributed by atoms with Crippen LogP contribution in [0.15, 0.2) is 59.4 Å². The third-order valence-corrected chi connectivity index (χ3v) is 5.99. The van der Waals surface area contributed by atoms with Gasteiger partial charge in [0.2, 0.25) is 10.0 Å². The summed E-state index contributed by atoms with van der Waals surface area (Å²) in [6.45, 7) is 0.280. The molecule has 24 heavy (non-hydrogen) atoms. The maximum Gasteiger partial charge on any atom is 0.215 e. The summed E-state index contributed by atoms with van der Waals surface area (Å²) in [6.07, 6.45) is 3.87. The second-order valence-corrected chi connectivity index (χ2v) is 8.25. The van der Waals surface area contributed by atoms with E-state index in [0.717, 1.165) is 15.3 Å². The average molecular weight is 365 g/mol. The summed E-state index contributed by atoms with van der Waals surface area (Å²) in [5.41, 5.74) is 1.18. The molecule has 126 valence electrons. The molecule has 4 nitrogen and oxygen atoms in total. The van der Waals surface area contributed by atoms with Gasteiger partial charge in [0.05, 0.1) is 18.3 Å². The van der Waals surface area contributed by atoms with E-state index in [9.17, 15) is 12.8 Å². The quantitative estimate of drug-likeness (QED) is 0.693. The van der Waals surface area contributed by atoms with Crippen LogP contribution in [0.25, 0.3) is 10.4 Å². The Labute approximate surface area is 144 Å². The van der Waals surface area contributed by atoms with E-state index in [1.165, 1.54) is 18.2 Å². The number of nitrogens with one attached hydrogen (secondary N) is 1. The van der Waals surface area contributed by atoms with Crippen LogP contribution in [0.2, 0.25) is 0 Å². The number of thiophene rings is 1. The van der Waals surface area contributed by atoms with Crippen LogP contribution in [0.3, 0.4) is 0 Å². The Morgan fingerprint density at radius 3 is 2.71 bits per heavy atom. The topological polar surface area (TPSA) is 59.3 Å². The molecule has 0 saturated heterocycles. The molecule has 3 aromatic rings. The summed E-state index contributed by atoms with van der Waals surface area (Å²) in [5, 5.41) is 0. The van der Waals surface area contributed by atoms with Crippen molar-refractivity contribution in [2.24, 2.45) is 0 Å². The van der Waals surface area contributed by atoms with E-state index in [-0.39, 0.29) is 17.9 Å². The lowest BCUT2D eigenvalue weighted by Gasteiger charge is -2.07. The van der Waals surface area contributed by atoms with E-state index >= 15 is 0 Å². The normalized spacial score (nSPS) is 11.7. The molecule has 0 fully saturated rings. The molecule has 0 radical (unpaired) electrons. The summed E-state index contributed by atoms with van der Waals surface area (Å²) in [5.74, 6) is -0.865. The molecule has 2 heterocycles. The van der Waals surface area contributed by atoms with Gasteiger partial charge in [0.15, 0.2) is 0 Å². The Kier molecular flexibility index (Phi) is 5.13. The summed E-state index contributed by atoms with van der Waals surface area (Å²) < 4.78 is 45.2. The second kappa shape index (κ2) is 7.29. The number of benzene rings is 1. The number of rotatable bonds is 7. The van der Waals surface area contributed by atoms with Crippen molar-refractivity contribution >= 4 is 21.4 Å². The summed E-state index contributed by atoms with van der Waals surface area (Å²) in [6, 6.07) is 11.7. The van der Waals surface area contributed by atoms with E-state index in [1.54, 1.807) is 29.9 Å². The number of sulfonamides is 1. The van der Waals surface area contributed by atoms with Crippen LogP contribution in [0.4, 0.5) is 4.39 Å². The lowest BCUT2D eigenvalue weighted by Crippen LogP contribution is -2.27. The van der Waals surface area contributed by atoms with Crippen molar-refractivity contribution in [2.75, 3.05) is 6.54 Å². The predicted octanol–water partition coefficient (Wildman–Crippen LogP) is 3.81. The predicted molar refractivity (Wildman–Crippen MR) is 92.8 cm³/mol. The molecule has 0 aliphatic carbocycles. The van der Waals surface area contributed by atoms with Crippen molar-refractivity contribution in [1.82, 2.24) is 4.72 Å². The molecule has 3 rings (SSSR count). The molecular weight excluding hydrogens is 349 g/mol. The van der Waals surface area contributed by atoms with E-state index < -0.39 is 15.8 Å². The van der Waals surface area contributed by atoms with Crippen molar-refractivity contribution < 1.29 is 17.2 Å². The van der Waals surface area contributed by atoms with E-state index in [0.29, 0.717) is 6.42 Å². The fourth-order valence-corrected chi connectivity index (χ4v) is 4.42. The van der Waals surface area contributed by atoms with Crippen LogP contribution in [0.1, 0.15) is 10.4 Å². The number of halogens is 1. The number of hydrogen-bond donors (Lipinski definition) is 1.